The fraction of sp³-hybridized carbons (Fsp3) is 0.316. The number of hydrogen-bond donors (Lipinski definition) is 1. The van der Waals surface area contributed by atoms with E-state index in [9.17, 15) is 13.2 Å². The Kier molecular flexibility index (Phi) is 5.18. The first-order valence-corrected chi connectivity index (χ1v) is 10.4. The molecule has 0 bridgehead atoms. The van der Waals surface area contributed by atoms with Crippen molar-refractivity contribution in [3.8, 4) is 0 Å². The van der Waals surface area contributed by atoms with Gasteiger partial charge in [0.2, 0.25) is 10.0 Å². The number of rotatable bonds is 4. The molecule has 1 amide bonds. The molecule has 6 nitrogen and oxygen atoms in total. The Morgan fingerprint density at radius 2 is 1.65 bits per heavy atom. The molecule has 3 rings (SSSR count). The Morgan fingerprint density at radius 1 is 1.00 bits per heavy atom. The Hall–Kier alpha value is -2.54. The molecule has 0 aromatic heterocycles. The molecule has 0 saturated carbocycles. The number of carbonyl (C=O) groups excluding carboxylic acids is 1. The van der Waals surface area contributed by atoms with Crippen molar-refractivity contribution in [2.45, 2.75) is 6.92 Å². The molecule has 138 valence electrons. The van der Waals surface area contributed by atoms with Crippen LogP contribution in [0.15, 0.2) is 48.5 Å². The van der Waals surface area contributed by atoms with Crippen LogP contribution in [0.1, 0.15) is 15.9 Å². The van der Waals surface area contributed by atoms with E-state index in [1.807, 2.05) is 23.1 Å². The molecule has 0 radical (unpaired) electrons. The van der Waals surface area contributed by atoms with E-state index in [4.69, 9.17) is 0 Å². The van der Waals surface area contributed by atoms with Crippen molar-refractivity contribution in [3.63, 3.8) is 0 Å². The van der Waals surface area contributed by atoms with Gasteiger partial charge in [-0.1, -0.05) is 24.3 Å². The van der Waals surface area contributed by atoms with Crippen molar-refractivity contribution in [1.82, 2.24) is 4.90 Å². The third-order valence-corrected chi connectivity index (χ3v) is 5.06. The van der Waals surface area contributed by atoms with Crippen LogP contribution in [0.25, 0.3) is 0 Å². The summed E-state index contributed by atoms with van der Waals surface area (Å²) in [4.78, 5) is 16.9. The van der Waals surface area contributed by atoms with Gasteiger partial charge >= 0.3 is 0 Å². The Balaban J connectivity index is 1.70. The highest BCUT2D eigenvalue weighted by atomic mass is 32.2. The van der Waals surface area contributed by atoms with Gasteiger partial charge in [0, 0.05) is 37.4 Å². The van der Waals surface area contributed by atoms with E-state index in [1.165, 1.54) is 0 Å². The highest BCUT2D eigenvalue weighted by Gasteiger charge is 2.23. The zero-order chi connectivity index (χ0) is 18.7. The van der Waals surface area contributed by atoms with Gasteiger partial charge in [-0.2, -0.15) is 0 Å². The number of nitrogens with one attached hydrogen (secondary N) is 1. The maximum atomic E-state index is 12.8. The number of para-hydroxylation sites is 1. The van der Waals surface area contributed by atoms with Crippen LogP contribution >= 0.6 is 0 Å². The molecule has 1 saturated heterocycles. The summed E-state index contributed by atoms with van der Waals surface area (Å²) in [6.07, 6.45) is 1.10. The van der Waals surface area contributed by atoms with Crippen molar-refractivity contribution >= 4 is 27.3 Å². The lowest BCUT2D eigenvalue weighted by molar-refractivity contribution is 0.0747. The van der Waals surface area contributed by atoms with Crippen LogP contribution in [-0.4, -0.2) is 51.7 Å². The quantitative estimate of drug-likeness (QED) is 0.893. The summed E-state index contributed by atoms with van der Waals surface area (Å²) in [5, 5.41) is 0. The monoisotopic (exact) mass is 373 g/mol. The second-order valence-corrected chi connectivity index (χ2v) is 8.27. The maximum Gasteiger partial charge on any atom is 0.254 e. The summed E-state index contributed by atoms with van der Waals surface area (Å²) >= 11 is 0. The van der Waals surface area contributed by atoms with Crippen LogP contribution < -0.4 is 9.62 Å². The minimum Gasteiger partial charge on any atom is -0.368 e. The molecule has 1 N–H and O–H groups in total. The number of piperazine rings is 1. The lowest BCUT2D eigenvalue weighted by atomic mass is 10.1. The van der Waals surface area contributed by atoms with Gasteiger partial charge in [-0.05, 0) is 36.8 Å². The molecule has 26 heavy (non-hydrogen) atoms. The molecule has 7 heteroatoms. The van der Waals surface area contributed by atoms with Crippen molar-refractivity contribution < 1.29 is 13.2 Å². The molecule has 1 heterocycles. The van der Waals surface area contributed by atoms with Gasteiger partial charge in [0.1, 0.15) is 0 Å². The summed E-state index contributed by atoms with van der Waals surface area (Å²) in [6.45, 7) is 4.62. The SMILES string of the molecule is Cc1ccc(C(=O)N2CCN(c3ccccc3)CC2)cc1NS(C)(=O)=O. The molecule has 1 aliphatic rings. The summed E-state index contributed by atoms with van der Waals surface area (Å²) in [5.74, 6) is -0.0748. The second-order valence-electron chi connectivity index (χ2n) is 6.52. The van der Waals surface area contributed by atoms with E-state index >= 15 is 0 Å². The highest BCUT2D eigenvalue weighted by molar-refractivity contribution is 7.92. The van der Waals surface area contributed by atoms with Gasteiger partial charge in [0.05, 0.1) is 11.9 Å². The van der Waals surface area contributed by atoms with E-state index in [0.29, 0.717) is 24.3 Å². The van der Waals surface area contributed by atoms with Crippen LogP contribution in [-0.2, 0) is 10.0 Å². The fourth-order valence-corrected chi connectivity index (χ4v) is 3.67. The molecule has 2 aromatic rings. The number of hydrogen-bond acceptors (Lipinski definition) is 4. The van der Waals surface area contributed by atoms with E-state index in [1.54, 1.807) is 25.1 Å². The van der Waals surface area contributed by atoms with Crippen LogP contribution in [0.2, 0.25) is 0 Å². The lowest BCUT2D eigenvalue weighted by Crippen LogP contribution is -2.48. The first kappa shape index (κ1) is 18.3. The largest absolute Gasteiger partial charge is 0.368 e. The van der Waals surface area contributed by atoms with E-state index in [0.717, 1.165) is 30.6 Å². The van der Waals surface area contributed by atoms with Gasteiger partial charge in [-0.3, -0.25) is 9.52 Å². The lowest BCUT2D eigenvalue weighted by Gasteiger charge is -2.36. The number of anilines is 2. The van der Waals surface area contributed by atoms with Crippen LogP contribution in [0, 0.1) is 6.92 Å². The van der Waals surface area contributed by atoms with Gasteiger partial charge in [-0.25, -0.2) is 8.42 Å². The van der Waals surface area contributed by atoms with Crippen LogP contribution in [0.4, 0.5) is 11.4 Å². The normalized spacial score (nSPS) is 15.0. The molecule has 0 aliphatic carbocycles. The van der Waals surface area contributed by atoms with Gasteiger partial charge in [0.25, 0.3) is 5.91 Å². The Bertz CT molecular complexity index is 890. The topological polar surface area (TPSA) is 69.7 Å². The van der Waals surface area contributed by atoms with Crippen molar-refractivity contribution in [2.75, 3.05) is 42.1 Å². The standard InChI is InChI=1S/C19H23N3O3S/c1-15-8-9-16(14-18(15)20-26(2,24)25)19(23)22-12-10-21(11-13-22)17-6-4-3-5-7-17/h3-9,14,20H,10-13H2,1-2H3. The molecule has 0 spiro atoms. The Morgan fingerprint density at radius 3 is 2.27 bits per heavy atom. The summed E-state index contributed by atoms with van der Waals surface area (Å²) < 4.78 is 25.5. The molecule has 0 atom stereocenters. The average molecular weight is 373 g/mol. The van der Waals surface area contributed by atoms with E-state index < -0.39 is 10.0 Å². The minimum atomic E-state index is -3.39. The summed E-state index contributed by atoms with van der Waals surface area (Å²) in [6, 6.07) is 15.3. The predicted molar refractivity (Wildman–Crippen MR) is 104 cm³/mol. The van der Waals surface area contributed by atoms with Gasteiger partial charge in [-0.15, -0.1) is 0 Å². The third kappa shape index (κ3) is 4.35. The summed E-state index contributed by atoms with van der Waals surface area (Å²) in [7, 11) is -3.39. The molecule has 1 aliphatic heterocycles. The molecule has 0 unspecified atom stereocenters. The molecule has 2 aromatic carbocycles. The average Bonchev–Trinajstić information content (AvgIpc) is 2.63. The van der Waals surface area contributed by atoms with Crippen LogP contribution in [0.3, 0.4) is 0 Å². The first-order chi connectivity index (χ1) is 12.3. The Labute approximate surface area is 154 Å². The third-order valence-electron chi connectivity index (χ3n) is 4.47. The smallest absolute Gasteiger partial charge is 0.254 e. The number of sulfonamides is 1. The number of amides is 1. The van der Waals surface area contributed by atoms with E-state index in [-0.39, 0.29) is 5.91 Å². The number of carbonyl (C=O) groups is 1. The van der Waals surface area contributed by atoms with Crippen molar-refractivity contribution in [2.24, 2.45) is 0 Å². The van der Waals surface area contributed by atoms with Gasteiger partial charge < -0.3 is 9.80 Å². The predicted octanol–water partition coefficient (Wildman–Crippen LogP) is 2.33. The fourth-order valence-electron chi connectivity index (χ4n) is 3.05. The first-order valence-electron chi connectivity index (χ1n) is 8.51. The second kappa shape index (κ2) is 7.37. The minimum absolute atomic E-state index is 0.0748. The van der Waals surface area contributed by atoms with Crippen LogP contribution in [0.5, 0.6) is 0 Å². The number of nitrogens with zero attached hydrogens (tertiary/aromatic N) is 2. The summed E-state index contributed by atoms with van der Waals surface area (Å²) in [5.41, 5.74) is 2.88. The zero-order valence-corrected chi connectivity index (χ0v) is 15.8. The van der Waals surface area contributed by atoms with Gasteiger partial charge in [0.15, 0.2) is 0 Å². The number of aryl methyl sites for hydroxylation is 1. The highest BCUT2D eigenvalue weighted by Crippen LogP contribution is 2.21. The van der Waals surface area contributed by atoms with Crippen molar-refractivity contribution in [1.29, 1.82) is 0 Å². The molecule has 1 fully saturated rings. The zero-order valence-electron chi connectivity index (χ0n) is 15.0. The van der Waals surface area contributed by atoms with E-state index in [2.05, 4.69) is 21.8 Å². The molecular formula is C19H23N3O3S. The molecular weight excluding hydrogens is 350 g/mol. The number of benzene rings is 2. The maximum absolute atomic E-state index is 12.8. The van der Waals surface area contributed by atoms with Crippen molar-refractivity contribution in [3.05, 3.63) is 59.7 Å².